The van der Waals surface area contributed by atoms with Crippen molar-refractivity contribution in [1.82, 2.24) is 0 Å². The van der Waals surface area contributed by atoms with E-state index in [9.17, 15) is 14.7 Å². The largest absolute Gasteiger partial charge is 0.507 e. The summed E-state index contributed by atoms with van der Waals surface area (Å²) in [6.07, 6.45) is 4.22. The summed E-state index contributed by atoms with van der Waals surface area (Å²) >= 11 is 0. The van der Waals surface area contributed by atoms with Crippen molar-refractivity contribution in [2.45, 2.75) is 62.9 Å². The van der Waals surface area contributed by atoms with E-state index < -0.39 is 22.4 Å². The Kier molecular flexibility index (Phi) is 3.66. The predicted octanol–water partition coefficient (Wildman–Crippen LogP) is 3.52. The van der Waals surface area contributed by atoms with Gasteiger partial charge in [-0.15, -0.1) is 0 Å². The second kappa shape index (κ2) is 5.62. The number of carbonyl (C=O) groups is 2. The quantitative estimate of drug-likeness (QED) is 0.768. The standard InChI is InChI=1S/C24H26O6/c1-13(2)9-10-23-20(27)22(28-5)11-14-19(26)18-15(25)7-6-8-16(18)29-24(14,23)17(12-22)21(3,4)30-23/h6-9,11,17,25H,10,12H2,1-5H3/t17-,22+,23+,24+/m0/s1. The van der Waals surface area contributed by atoms with Gasteiger partial charge in [0, 0.05) is 25.0 Å². The molecule has 0 aromatic heterocycles. The van der Waals surface area contributed by atoms with Crippen LogP contribution in [0.15, 0.2) is 41.5 Å². The van der Waals surface area contributed by atoms with E-state index in [-0.39, 0.29) is 41.0 Å². The van der Waals surface area contributed by atoms with Gasteiger partial charge in [0.25, 0.3) is 0 Å². The molecule has 4 bridgehead atoms. The lowest BCUT2D eigenvalue weighted by molar-refractivity contribution is -0.189. The molecular formula is C24H26O6. The second-order valence-electron chi connectivity index (χ2n) is 9.57. The van der Waals surface area contributed by atoms with Gasteiger partial charge in [0.15, 0.2) is 17.0 Å². The third kappa shape index (κ3) is 1.97. The Bertz CT molecular complexity index is 1060. The highest BCUT2D eigenvalue weighted by Gasteiger charge is 2.84. The number of aromatic hydroxyl groups is 1. The Labute approximate surface area is 175 Å². The van der Waals surface area contributed by atoms with E-state index in [0.29, 0.717) is 12.0 Å². The lowest BCUT2D eigenvalue weighted by Gasteiger charge is -2.59. The molecule has 5 aliphatic rings. The van der Waals surface area contributed by atoms with Crippen LogP contribution in [-0.4, -0.2) is 46.2 Å². The monoisotopic (exact) mass is 410 g/mol. The third-order valence-corrected chi connectivity index (χ3v) is 7.31. The Morgan fingerprint density at radius 2 is 2.03 bits per heavy atom. The van der Waals surface area contributed by atoms with E-state index in [4.69, 9.17) is 14.2 Å². The number of ketones is 2. The van der Waals surface area contributed by atoms with Gasteiger partial charge in [0.05, 0.1) is 5.60 Å². The number of phenols is 1. The average Bonchev–Trinajstić information content (AvgIpc) is 2.84. The Hall–Kier alpha value is -2.44. The van der Waals surface area contributed by atoms with Crippen molar-refractivity contribution in [3.63, 3.8) is 0 Å². The number of carbonyl (C=O) groups excluding carboxylic acids is 2. The fraction of sp³-hybridized carbons (Fsp3) is 0.500. The summed E-state index contributed by atoms with van der Waals surface area (Å²) in [5.74, 6) is -0.691. The number of hydrogen-bond acceptors (Lipinski definition) is 6. The number of ether oxygens (including phenoxy) is 3. The average molecular weight is 410 g/mol. The summed E-state index contributed by atoms with van der Waals surface area (Å²) < 4.78 is 19.0. The van der Waals surface area contributed by atoms with Gasteiger partial charge in [-0.05, 0) is 52.3 Å². The summed E-state index contributed by atoms with van der Waals surface area (Å²) in [7, 11) is 1.49. The summed E-state index contributed by atoms with van der Waals surface area (Å²) in [6, 6.07) is 4.76. The molecule has 0 unspecified atom stereocenters. The highest BCUT2D eigenvalue weighted by Crippen LogP contribution is 2.68. The second-order valence-corrected chi connectivity index (χ2v) is 9.57. The maximum Gasteiger partial charge on any atom is 0.205 e. The lowest BCUT2D eigenvalue weighted by Crippen LogP contribution is -2.77. The van der Waals surface area contributed by atoms with Crippen molar-refractivity contribution in [3.05, 3.63) is 47.1 Å². The van der Waals surface area contributed by atoms with E-state index >= 15 is 0 Å². The van der Waals surface area contributed by atoms with Crippen LogP contribution in [0, 0.1) is 5.92 Å². The first-order valence-corrected chi connectivity index (χ1v) is 10.3. The lowest BCUT2D eigenvalue weighted by atomic mass is 9.49. The highest BCUT2D eigenvalue weighted by atomic mass is 16.6. The molecule has 0 amide bonds. The van der Waals surface area contributed by atoms with Gasteiger partial charge < -0.3 is 19.3 Å². The molecule has 1 aromatic rings. The smallest absolute Gasteiger partial charge is 0.205 e. The molecule has 1 saturated heterocycles. The first-order valence-electron chi connectivity index (χ1n) is 10.3. The summed E-state index contributed by atoms with van der Waals surface area (Å²) in [5, 5.41) is 10.4. The van der Waals surface area contributed by atoms with Crippen LogP contribution < -0.4 is 4.74 Å². The molecule has 6 nitrogen and oxygen atoms in total. The van der Waals surface area contributed by atoms with Gasteiger partial charge in [-0.25, -0.2) is 0 Å². The predicted molar refractivity (Wildman–Crippen MR) is 109 cm³/mol. The molecule has 0 radical (unpaired) electrons. The van der Waals surface area contributed by atoms with Crippen molar-refractivity contribution < 1.29 is 28.9 Å². The molecule has 1 aromatic carbocycles. The minimum atomic E-state index is -1.39. The zero-order valence-corrected chi connectivity index (χ0v) is 17.9. The van der Waals surface area contributed by atoms with Gasteiger partial charge >= 0.3 is 0 Å². The number of Topliss-reactive ketones (excluding diaryl/α,β-unsaturated/α-hetero) is 2. The molecule has 4 atom stereocenters. The maximum absolute atomic E-state index is 14.0. The molecule has 1 spiro atoms. The molecule has 3 aliphatic carbocycles. The van der Waals surface area contributed by atoms with Crippen LogP contribution in [0.2, 0.25) is 0 Å². The molecule has 1 N–H and O–H groups in total. The SMILES string of the molecule is CO[C@]12C=C3C(=O)c4c(O)cccc4O[C@@]34[C@@H](C1)C(C)(C)O[C@]4(CC=C(C)C)C2=O. The molecule has 6 rings (SSSR count). The summed E-state index contributed by atoms with van der Waals surface area (Å²) in [6.45, 7) is 7.80. The molecule has 2 fully saturated rings. The van der Waals surface area contributed by atoms with Crippen molar-refractivity contribution >= 4 is 11.6 Å². The van der Waals surface area contributed by atoms with Crippen molar-refractivity contribution in [3.8, 4) is 11.5 Å². The molecule has 30 heavy (non-hydrogen) atoms. The minimum Gasteiger partial charge on any atom is -0.507 e. The number of rotatable bonds is 3. The first-order chi connectivity index (χ1) is 14.0. The fourth-order valence-electron chi connectivity index (χ4n) is 6.03. The first kappa shape index (κ1) is 19.5. The van der Waals surface area contributed by atoms with Crippen LogP contribution in [0.4, 0.5) is 0 Å². The van der Waals surface area contributed by atoms with Gasteiger partial charge in [0.1, 0.15) is 22.7 Å². The molecule has 1 saturated carbocycles. The van der Waals surface area contributed by atoms with Crippen molar-refractivity contribution in [2.24, 2.45) is 5.92 Å². The highest BCUT2D eigenvalue weighted by molar-refractivity contribution is 6.19. The van der Waals surface area contributed by atoms with E-state index in [1.807, 2.05) is 33.8 Å². The van der Waals surface area contributed by atoms with Crippen molar-refractivity contribution in [2.75, 3.05) is 7.11 Å². The molecule has 158 valence electrons. The van der Waals surface area contributed by atoms with Crippen LogP contribution in [0.25, 0.3) is 0 Å². The number of allylic oxidation sites excluding steroid dienone is 1. The van der Waals surface area contributed by atoms with Crippen LogP contribution in [0.3, 0.4) is 0 Å². The number of phenolic OH excluding ortho intramolecular Hbond substituents is 1. The topological polar surface area (TPSA) is 82.1 Å². The molecule has 2 heterocycles. The van der Waals surface area contributed by atoms with Crippen LogP contribution >= 0.6 is 0 Å². The van der Waals surface area contributed by atoms with E-state index in [1.54, 1.807) is 18.2 Å². The van der Waals surface area contributed by atoms with Crippen LogP contribution in [-0.2, 0) is 14.3 Å². The van der Waals surface area contributed by atoms with E-state index in [0.717, 1.165) is 5.57 Å². The van der Waals surface area contributed by atoms with Crippen LogP contribution in [0.1, 0.15) is 50.9 Å². The van der Waals surface area contributed by atoms with Gasteiger partial charge in [-0.3, -0.25) is 9.59 Å². The van der Waals surface area contributed by atoms with Gasteiger partial charge in [-0.2, -0.15) is 0 Å². The minimum absolute atomic E-state index is 0.121. The molecular weight excluding hydrogens is 384 g/mol. The maximum atomic E-state index is 14.0. The number of methoxy groups -OCH3 is 1. The van der Waals surface area contributed by atoms with E-state index in [1.165, 1.54) is 13.2 Å². The molecule has 6 heteroatoms. The number of fused-ring (bicyclic) bond motifs is 1. The normalized spacial score (nSPS) is 37.2. The molecule has 2 aliphatic heterocycles. The van der Waals surface area contributed by atoms with E-state index in [2.05, 4.69) is 0 Å². The fourth-order valence-corrected chi connectivity index (χ4v) is 6.03. The number of benzene rings is 1. The van der Waals surface area contributed by atoms with Crippen LogP contribution in [0.5, 0.6) is 11.5 Å². The Morgan fingerprint density at radius 3 is 2.70 bits per heavy atom. The van der Waals surface area contributed by atoms with Gasteiger partial charge in [0.2, 0.25) is 5.78 Å². The Morgan fingerprint density at radius 1 is 1.30 bits per heavy atom. The zero-order valence-electron chi connectivity index (χ0n) is 17.9. The Balaban J connectivity index is 1.87. The zero-order chi connectivity index (χ0) is 21.7. The summed E-state index contributed by atoms with van der Waals surface area (Å²) in [5.41, 5.74) is -3.13. The third-order valence-electron chi connectivity index (χ3n) is 7.31. The summed E-state index contributed by atoms with van der Waals surface area (Å²) in [4.78, 5) is 27.7. The number of hydrogen-bond donors (Lipinski definition) is 1. The van der Waals surface area contributed by atoms with Crippen molar-refractivity contribution in [1.29, 1.82) is 0 Å². The van der Waals surface area contributed by atoms with Gasteiger partial charge in [-0.1, -0.05) is 17.7 Å².